The molecule has 3 rings (SSSR count). The number of nitrogens with zero attached hydrogens (tertiary/aromatic N) is 2. The highest BCUT2D eigenvalue weighted by Gasteiger charge is 2.13. The Morgan fingerprint density at radius 2 is 1.90 bits per heavy atom. The summed E-state index contributed by atoms with van der Waals surface area (Å²) in [5.41, 5.74) is 4.82. The zero-order valence-electron chi connectivity index (χ0n) is 11.2. The van der Waals surface area contributed by atoms with E-state index in [9.17, 15) is 5.11 Å². The van der Waals surface area contributed by atoms with Gasteiger partial charge in [-0.2, -0.15) is 0 Å². The van der Waals surface area contributed by atoms with Crippen molar-refractivity contribution in [3.05, 3.63) is 58.3 Å². The maximum atomic E-state index is 9.68. The Hall–Kier alpha value is -1.65. The van der Waals surface area contributed by atoms with Gasteiger partial charge in [-0.25, -0.2) is 4.98 Å². The number of aryl methyl sites for hydroxylation is 1. The van der Waals surface area contributed by atoms with Crippen LogP contribution in [0.25, 0.3) is 16.9 Å². The summed E-state index contributed by atoms with van der Waals surface area (Å²) in [6.45, 7) is 2.10. The van der Waals surface area contributed by atoms with Crippen molar-refractivity contribution in [2.45, 2.75) is 20.0 Å². The Bertz CT molecular complexity index is 747. The average Bonchev–Trinajstić information content (AvgIpc) is 2.85. The minimum absolute atomic E-state index is 0.0392. The van der Waals surface area contributed by atoms with E-state index in [1.165, 1.54) is 5.56 Å². The van der Waals surface area contributed by atoms with E-state index in [-0.39, 0.29) is 6.61 Å². The first kappa shape index (κ1) is 13.3. The van der Waals surface area contributed by atoms with Crippen molar-refractivity contribution in [2.75, 3.05) is 0 Å². The molecule has 0 amide bonds. The molecule has 4 heteroatoms. The maximum Gasteiger partial charge on any atom is 0.137 e. The molecule has 2 heterocycles. The van der Waals surface area contributed by atoms with Crippen LogP contribution in [-0.2, 0) is 13.0 Å². The molecule has 0 radical (unpaired) electrons. The lowest BCUT2D eigenvalue weighted by Gasteiger charge is -2.03. The van der Waals surface area contributed by atoms with Crippen LogP contribution < -0.4 is 0 Å². The molecule has 3 aromatic rings. The predicted octanol–water partition coefficient (Wildman–Crippen LogP) is 3.82. The third-order valence-electron chi connectivity index (χ3n) is 3.47. The molecule has 2 aromatic heterocycles. The summed E-state index contributed by atoms with van der Waals surface area (Å²) in [4.78, 5) is 4.63. The van der Waals surface area contributed by atoms with E-state index in [1.807, 2.05) is 22.7 Å². The number of rotatable bonds is 3. The number of pyridine rings is 1. The Labute approximate surface area is 126 Å². The van der Waals surface area contributed by atoms with E-state index in [4.69, 9.17) is 0 Å². The molecule has 0 fully saturated rings. The van der Waals surface area contributed by atoms with Crippen molar-refractivity contribution in [2.24, 2.45) is 0 Å². The smallest absolute Gasteiger partial charge is 0.137 e. The molecule has 0 bridgehead atoms. The first-order valence-corrected chi connectivity index (χ1v) is 7.39. The Morgan fingerprint density at radius 1 is 1.15 bits per heavy atom. The molecule has 0 atom stereocenters. The normalized spacial score (nSPS) is 11.2. The van der Waals surface area contributed by atoms with Gasteiger partial charge in [0.1, 0.15) is 5.65 Å². The van der Waals surface area contributed by atoms with Crippen LogP contribution in [0, 0.1) is 0 Å². The number of aromatic nitrogens is 2. The van der Waals surface area contributed by atoms with Crippen LogP contribution in [0.5, 0.6) is 0 Å². The van der Waals surface area contributed by atoms with Crippen LogP contribution in [-0.4, -0.2) is 14.5 Å². The second kappa shape index (κ2) is 5.38. The monoisotopic (exact) mass is 330 g/mol. The molecule has 3 nitrogen and oxygen atoms in total. The first-order chi connectivity index (χ1) is 9.72. The molecule has 102 valence electrons. The second-order valence-corrected chi connectivity index (χ2v) is 5.61. The lowest BCUT2D eigenvalue weighted by molar-refractivity contribution is 0.276. The number of aliphatic hydroxyl groups is 1. The van der Waals surface area contributed by atoms with Crippen LogP contribution in [0.1, 0.15) is 18.2 Å². The van der Waals surface area contributed by atoms with Crippen molar-refractivity contribution < 1.29 is 5.11 Å². The van der Waals surface area contributed by atoms with Gasteiger partial charge in [-0.1, -0.05) is 31.2 Å². The van der Waals surface area contributed by atoms with Crippen molar-refractivity contribution in [1.82, 2.24) is 9.38 Å². The largest absolute Gasteiger partial charge is 0.390 e. The fourth-order valence-electron chi connectivity index (χ4n) is 2.35. The van der Waals surface area contributed by atoms with Crippen molar-refractivity contribution in [3.8, 4) is 11.3 Å². The zero-order chi connectivity index (χ0) is 14.1. The predicted molar refractivity (Wildman–Crippen MR) is 83.6 cm³/mol. The van der Waals surface area contributed by atoms with Crippen LogP contribution in [0.15, 0.2) is 47.1 Å². The van der Waals surface area contributed by atoms with Gasteiger partial charge in [-0.05, 0) is 40.0 Å². The van der Waals surface area contributed by atoms with Crippen molar-refractivity contribution in [1.29, 1.82) is 0 Å². The lowest BCUT2D eigenvalue weighted by Crippen LogP contribution is -1.94. The van der Waals surface area contributed by atoms with Crippen molar-refractivity contribution in [3.63, 3.8) is 0 Å². The average molecular weight is 331 g/mol. The summed E-state index contributed by atoms with van der Waals surface area (Å²) in [7, 11) is 0. The van der Waals surface area contributed by atoms with Crippen LogP contribution >= 0.6 is 15.9 Å². The summed E-state index contributed by atoms with van der Waals surface area (Å²) in [6.07, 6.45) is 2.95. The molecule has 20 heavy (non-hydrogen) atoms. The molecule has 1 aromatic carbocycles. The van der Waals surface area contributed by atoms with E-state index < -0.39 is 0 Å². The number of hydrogen-bond acceptors (Lipinski definition) is 2. The zero-order valence-corrected chi connectivity index (χ0v) is 12.8. The quantitative estimate of drug-likeness (QED) is 0.792. The van der Waals surface area contributed by atoms with E-state index in [0.29, 0.717) is 0 Å². The molecule has 0 saturated heterocycles. The summed E-state index contributed by atoms with van der Waals surface area (Å²) in [6, 6.07) is 12.2. The van der Waals surface area contributed by atoms with Crippen LogP contribution in [0.3, 0.4) is 0 Å². The van der Waals surface area contributed by atoms with Gasteiger partial charge in [0.05, 0.1) is 18.0 Å². The van der Waals surface area contributed by atoms with Crippen LogP contribution in [0.2, 0.25) is 0 Å². The summed E-state index contributed by atoms with van der Waals surface area (Å²) in [5.74, 6) is 0. The highest BCUT2D eigenvalue weighted by Crippen LogP contribution is 2.26. The number of fused-ring (bicyclic) bond motifs is 1. The number of benzene rings is 1. The number of aliphatic hydroxyl groups excluding tert-OH is 1. The van der Waals surface area contributed by atoms with Crippen molar-refractivity contribution >= 4 is 21.6 Å². The SMILES string of the molecule is CCc1ccc(-c2nc3ccc(Br)cn3c2CO)cc1. The highest BCUT2D eigenvalue weighted by atomic mass is 79.9. The standard InChI is InChI=1S/C16H15BrN2O/c1-2-11-3-5-12(6-4-11)16-14(10-20)19-9-13(17)7-8-15(19)18-16/h3-9,20H,2,10H2,1H3. The third kappa shape index (κ3) is 2.25. The van der Waals surface area contributed by atoms with Gasteiger partial charge in [0, 0.05) is 16.2 Å². The number of halogens is 1. The summed E-state index contributed by atoms with van der Waals surface area (Å²) >= 11 is 3.45. The van der Waals surface area contributed by atoms with Gasteiger partial charge in [0.15, 0.2) is 0 Å². The van der Waals surface area contributed by atoms with Gasteiger partial charge < -0.3 is 5.11 Å². The maximum absolute atomic E-state index is 9.68. The molecule has 1 N–H and O–H groups in total. The van der Waals surface area contributed by atoms with Crippen LogP contribution in [0.4, 0.5) is 0 Å². The number of imidazole rings is 1. The molecule has 0 aliphatic heterocycles. The van der Waals surface area contributed by atoms with E-state index in [2.05, 4.69) is 52.1 Å². The molecular formula is C16H15BrN2O. The molecule has 0 spiro atoms. The van der Waals surface area contributed by atoms with Gasteiger partial charge in [-0.15, -0.1) is 0 Å². The minimum Gasteiger partial charge on any atom is -0.390 e. The molecule has 0 aliphatic carbocycles. The lowest BCUT2D eigenvalue weighted by atomic mass is 10.1. The molecule has 0 saturated carbocycles. The fourth-order valence-corrected chi connectivity index (χ4v) is 2.68. The van der Waals surface area contributed by atoms with Gasteiger partial charge in [-0.3, -0.25) is 4.40 Å². The molecule has 0 aliphatic rings. The van der Waals surface area contributed by atoms with E-state index in [0.717, 1.165) is 33.5 Å². The van der Waals surface area contributed by atoms with E-state index >= 15 is 0 Å². The Morgan fingerprint density at radius 3 is 2.55 bits per heavy atom. The topological polar surface area (TPSA) is 37.5 Å². The van der Waals surface area contributed by atoms with Gasteiger partial charge in [0.2, 0.25) is 0 Å². The minimum atomic E-state index is -0.0392. The third-order valence-corrected chi connectivity index (χ3v) is 3.94. The summed E-state index contributed by atoms with van der Waals surface area (Å²) in [5, 5.41) is 9.68. The Kier molecular flexibility index (Phi) is 3.59. The number of hydrogen-bond donors (Lipinski definition) is 1. The molecule has 0 unspecified atom stereocenters. The van der Waals surface area contributed by atoms with Gasteiger partial charge in [0.25, 0.3) is 0 Å². The molecular weight excluding hydrogens is 316 g/mol. The van der Waals surface area contributed by atoms with Gasteiger partial charge >= 0.3 is 0 Å². The fraction of sp³-hybridized carbons (Fsp3) is 0.188. The van der Waals surface area contributed by atoms with E-state index in [1.54, 1.807) is 0 Å². The second-order valence-electron chi connectivity index (χ2n) is 4.69. The highest BCUT2D eigenvalue weighted by molar-refractivity contribution is 9.10. The summed E-state index contributed by atoms with van der Waals surface area (Å²) < 4.78 is 2.89. The Balaban J connectivity index is 2.19. The first-order valence-electron chi connectivity index (χ1n) is 6.59.